The van der Waals surface area contributed by atoms with Crippen LogP contribution in [0.5, 0.6) is 0 Å². The van der Waals surface area contributed by atoms with E-state index in [0.29, 0.717) is 24.8 Å². The number of benzene rings is 1. The predicted octanol–water partition coefficient (Wildman–Crippen LogP) is 3.00. The average molecular weight is 341 g/mol. The Hall–Kier alpha value is -2.21. The van der Waals surface area contributed by atoms with E-state index in [2.05, 4.69) is 10.1 Å². The van der Waals surface area contributed by atoms with Crippen molar-refractivity contribution in [2.24, 2.45) is 0 Å². The molecule has 0 bridgehead atoms. The van der Waals surface area contributed by atoms with Crippen molar-refractivity contribution >= 4 is 5.91 Å². The molecule has 1 aliphatic carbocycles. The number of rotatable bonds is 5. The van der Waals surface area contributed by atoms with Crippen molar-refractivity contribution in [1.82, 2.24) is 15.0 Å². The van der Waals surface area contributed by atoms with Crippen LogP contribution < -0.4 is 0 Å². The number of amides is 1. The summed E-state index contributed by atoms with van der Waals surface area (Å²) in [5, 5.41) is 3.83. The van der Waals surface area contributed by atoms with Crippen molar-refractivity contribution in [1.29, 1.82) is 0 Å². The van der Waals surface area contributed by atoms with Crippen LogP contribution in [0, 0.1) is 6.92 Å². The van der Waals surface area contributed by atoms with Gasteiger partial charge in [0, 0.05) is 13.1 Å². The molecule has 2 heterocycles. The van der Waals surface area contributed by atoms with Gasteiger partial charge in [-0.15, -0.1) is 0 Å². The third-order valence-corrected chi connectivity index (χ3v) is 5.04. The van der Waals surface area contributed by atoms with Gasteiger partial charge >= 0.3 is 0 Å². The van der Waals surface area contributed by atoms with Crippen molar-refractivity contribution in [3.8, 4) is 0 Å². The normalized spacial score (nSPS) is 19.8. The second-order valence-corrected chi connectivity index (χ2v) is 6.95. The first-order chi connectivity index (χ1) is 12.2. The Morgan fingerprint density at radius 3 is 2.60 bits per heavy atom. The molecule has 6 nitrogen and oxygen atoms in total. The highest BCUT2D eigenvalue weighted by Gasteiger charge is 2.39. The summed E-state index contributed by atoms with van der Waals surface area (Å²) >= 11 is 0. The number of carbonyl (C=O) groups excluding carboxylic acids is 1. The van der Waals surface area contributed by atoms with E-state index in [1.54, 1.807) is 6.92 Å². The molecule has 4 rings (SSSR count). The summed E-state index contributed by atoms with van der Waals surface area (Å²) < 4.78 is 11.4. The van der Waals surface area contributed by atoms with Crippen LogP contribution in [-0.4, -0.2) is 40.1 Å². The number of nitrogens with zero attached hydrogens (tertiary/aromatic N) is 3. The predicted molar refractivity (Wildman–Crippen MR) is 90.9 cm³/mol. The second-order valence-electron chi connectivity index (χ2n) is 6.95. The zero-order chi connectivity index (χ0) is 17.2. The molecule has 2 aromatic rings. The summed E-state index contributed by atoms with van der Waals surface area (Å²) in [5.74, 6) is 1.42. The van der Waals surface area contributed by atoms with Crippen LogP contribution in [-0.2, 0) is 9.53 Å². The van der Waals surface area contributed by atoms with Crippen LogP contribution in [0.15, 0.2) is 34.9 Å². The molecule has 25 heavy (non-hydrogen) atoms. The number of carbonyl (C=O) groups is 1. The Morgan fingerprint density at radius 2 is 1.96 bits per heavy atom. The largest absolute Gasteiger partial charge is 0.360 e. The highest BCUT2D eigenvalue weighted by Crippen LogP contribution is 2.33. The Kier molecular flexibility index (Phi) is 4.53. The van der Waals surface area contributed by atoms with Gasteiger partial charge in [0.25, 0.3) is 5.91 Å². The van der Waals surface area contributed by atoms with Gasteiger partial charge < -0.3 is 14.2 Å². The first kappa shape index (κ1) is 16.3. The molecule has 0 N–H and O–H groups in total. The Balaban J connectivity index is 1.44. The molecule has 1 aliphatic heterocycles. The van der Waals surface area contributed by atoms with E-state index < -0.39 is 6.10 Å². The summed E-state index contributed by atoms with van der Waals surface area (Å²) in [6.07, 6.45) is 4.12. The molecule has 1 aromatic carbocycles. The Bertz CT molecular complexity index is 719. The quantitative estimate of drug-likeness (QED) is 0.836. The minimum Gasteiger partial charge on any atom is -0.360 e. The maximum absolute atomic E-state index is 13.0. The van der Waals surface area contributed by atoms with Gasteiger partial charge in [0.2, 0.25) is 5.89 Å². The highest BCUT2D eigenvalue weighted by atomic mass is 16.5. The number of aryl methyl sites for hydroxylation is 1. The van der Waals surface area contributed by atoms with Crippen LogP contribution >= 0.6 is 0 Å². The van der Waals surface area contributed by atoms with Crippen molar-refractivity contribution in [2.45, 2.75) is 50.7 Å². The van der Waals surface area contributed by atoms with Gasteiger partial charge in [0.15, 0.2) is 11.9 Å². The Morgan fingerprint density at radius 1 is 1.24 bits per heavy atom. The molecule has 0 radical (unpaired) electrons. The molecule has 2 aliphatic rings. The van der Waals surface area contributed by atoms with Gasteiger partial charge in [0.1, 0.15) is 0 Å². The molecule has 1 aromatic heterocycles. The van der Waals surface area contributed by atoms with Gasteiger partial charge in [-0.3, -0.25) is 4.79 Å². The molecule has 1 saturated carbocycles. The molecule has 6 heteroatoms. The van der Waals surface area contributed by atoms with E-state index in [-0.39, 0.29) is 17.9 Å². The first-order valence-electron chi connectivity index (χ1n) is 9.00. The number of ether oxygens (including phenoxy) is 1. The minimum atomic E-state index is -0.519. The summed E-state index contributed by atoms with van der Waals surface area (Å²) in [4.78, 5) is 19.1. The number of hydrogen-bond acceptors (Lipinski definition) is 5. The molecule has 1 atom stereocenters. The van der Waals surface area contributed by atoms with Crippen LogP contribution in [0.1, 0.15) is 55.0 Å². The summed E-state index contributed by atoms with van der Waals surface area (Å²) in [5.41, 5.74) is 0.927. The SMILES string of the molecule is Cc1noc(C2CN(C(=O)C(OC3CCCC3)c3ccccc3)C2)n1. The van der Waals surface area contributed by atoms with E-state index in [0.717, 1.165) is 18.4 Å². The standard InChI is InChI=1S/C19H23N3O3/c1-13-20-18(25-21-13)15-11-22(12-15)19(23)17(14-7-3-2-4-8-14)24-16-9-5-6-10-16/h2-4,7-8,15-17H,5-6,9-12H2,1H3. The lowest BCUT2D eigenvalue weighted by Crippen LogP contribution is -2.51. The fraction of sp³-hybridized carbons (Fsp3) is 0.526. The number of aromatic nitrogens is 2. The maximum Gasteiger partial charge on any atom is 0.256 e. The van der Waals surface area contributed by atoms with Gasteiger partial charge in [-0.2, -0.15) is 4.98 Å². The fourth-order valence-corrected chi connectivity index (χ4v) is 3.58. The molecular formula is C19H23N3O3. The van der Waals surface area contributed by atoms with E-state index in [1.807, 2.05) is 35.2 Å². The lowest BCUT2D eigenvalue weighted by Gasteiger charge is -2.39. The first-order valence-corrected chi connectivity index (χ1v) is 9.00. The van der Waals surface area contributed by atoms with Gasteiger partial charge in [-0.05, 0) is 25.3 Å². The monoisotopic (exact) mass is 341 g/mol. The highest BCUT2D eigenvalue weighted by molar-refractivity contribution is 5.83. The summed E-state index contributed by atoms with van der Waals surface area (Å²) in [7, 11) is 0. The van der Waals surface area contributed by atoms with Crippen molar-refractivity contribution in [3.63, 3.8) is 0 Å². The van der Waals surface area contributed by atoms with E-state index in [4.69, 9.17) is 9.26 Å². The molecule has 0 spiro atoms. The molecule has 132 valence electrons. The third kappa shape index (κ3) is 3.44. The van der Waals surface area contributed by atoms with Gasteiger partial charge in [-0.1, -0.05) is 48.3 Å². The fourth-order valence-electron chi connectivity index (χ4n) is 3.58. The lowest BCUT2D eigenvalue weighted by atomic mass is 9.97. The van der Waals surface area contributed by atoms with Crippen molar-refractivity contribution in [3.05, 3.63) is 47.6 Å². The zero-order valence-corrected chi connectivity index (χ0v) is 14.4. The van der Waals surface area contributed by atoms with E-state index in [9.17, 15) is 4.79 Å². The van der Waals surface area contributed by atoms with E-state index in [1.165, 1.54) is 12.8 Å². The number of hydrogen-bond donors (Lipinski definition) is 0. The second kappa shape index (κ2) is 6.96. The molecule has 1 amide bonds. The topological polar surface area (TPSA) is 68.5 Å². The summed E-state index contributed by atoms with van der Waals surface area (Å²) in [6, 6.07) is 9.80. The Labute approximate surface area is 147 Å². The number of likely N-dealkylation sites (tertiary alicyclic amines) is 1. The molecule has 1 unspecified atom stereocenters. The lowest BCUT2D eigenvalue weighted by molar-refractivity contribution is -0.153. The summed E-state index contributed by atoms with van der Waals surface area (Å²) in [6.45, 7) is 3.02. The van der Waals surface area contributed by atoms with Crippen molar-refractivity contribution in [2.75, 3.05) is 13.1 Å². The molecule has 1 saturated heterocycles. The average Bonchev–Trinajstić information content (AvgIpc) is 3.24. The molecular weight excluding hydrogens is 318 g/mol. The van der Waals surface area contributed by atoms with Crippen molar-refractivity contribution < 1.29 is 14.1 Å². The third-order valence-electron chi connectivity index (χ3n) is 5.04. The van der Waals surface area contributed by atoms with E-state index >= 15 is 0 Å². The van der Waals surface area contributed by atoms with Crippen LogP contribution in [0.3, 0.4) is 0 Å². The van der Waals surface area contributed by atoms with Crippen LogP contribution in [0.2, 0.25) is 0 Å². The smallest absolute Gasteiger partial charge is 0.256 e. The van der Waals surface area contributed by atoms with Gasteiger partial charge in [-0.25, -0.2) is 0 Å². The minimum absolute atomic E-state index is 0.0330. The zero-order valence-electron chi connectivity index (χ0n) is 14.4. The van der Waals surface area contributed by atoms with Gasteiger partial charge in [0.05, 0.1) is 12.0 Å². The van der Waals surface area contributed by atoms with Crippen LogP contribution in [0.25, 0.3) is 0 Å². The molecule has 2 fully saturated rings. The van der Waals surface area contributed by atoms with Crippen LogP contribution in [0.4, 0.5) is 0 Å². The maximum atomic E-state index is 13.0.